The van der Waals surface area contributed by atoms with Crippen LogP contribution in [0.25, 0.3) is 0 Å². The number of hydrogen-bond donors (Lipinski definition) is 0. The Bertz CT molecular complexity index is 1280. The monoisotopic (exact) mass is 553 g/mol. The van der Waals surface area contributed by atoms with Crippen molar-refractivity contribution in [2.75, 3.05) is 6.54 Å². The maximum absolute atomic E-state index is 13.9. The molecule has 39 heavy (non-hydrogen) atoms. The molecule has 0 bridgehead atoms. The summed E-state index contributed by atoms with van der Waals surface area (Å²) in [5.41, 5.74) is 2.04. The van der Waals surface area contributed by atoms with Gasteiger partial charge in [0.25, 0.3) is 0 Å². The van der Waals surface area contributed by atoms with Gasteiger partial charge in [-0.3, -0.25) is 0 Å². The van der Waals surface area contributed by atoms with Crippen LogP contribution in [0.2, 0.25) is 0 Å². The van der Waals surface area contributed by atoms with E-state index in [4.69, 9.17) is 4.74 Å². The second-order valence-electron chi connectivity index (χ2n) is 11.2. The second kappa shape index (κ2) is 11.6. The first-order valence-electron chi connectivity index (χ1n) is 13.6. The maximum Gasteiger partial charge on any atom is 0.410 e. The third-order valence-electron chi connectivity index (χ3n) is 7.37. The van der Waals surface area contributed by atoms with E-state index in [1.54, 1.807) is 0 Å². The molecule has 1 amide bonds. The summed E-state index contributed by atoms with van der Waals surface area (Å²) in [6, 6.07) is 42.7. The lowest BCUT2D eigenvalue weighted by Gasteiger charge is -2.41. The molecule has 3 nitrogen and oxygen atoms in total. The number of rotatable bonds is 6. The molecule has 1 saturated heterocycles. The largest absolute Gasteiger partial charge is 0.444 e. The second-order valence-corrected chi connectivity index (χ2v) is 14.6. The minimum atomic E-state index is -0.707. The van der Waals surface area contributed by atoms with Crippen molar-refractivity contribution in [3.05, 3.63) is 132 Å². The Morgan fingerprint density at radius 3 is 1.56 bits per heavy atom. The average Bonchev–Trinajstić information content (AvgIpc) is 3.40. The molecule has 1 aliphatic heterocycles. The molecule has 4 aromatic rings. The van der Waals surface area contributed by atoms with Crippen molar-refractivity contribution in [2.24, 2.45) is 0 Å². The van der Waals surface area contributed by atoms with Crippen molar-refractivity contribution < 1.29 is 9.53 Å². The van der Waals surface area contributed by atoms with Crippen molar-refractivity contribution in [2.45, 2.75) is 49.6 Å². The van der Waals surface area contributed by atoms with E-state index in [0.717, 1.165) is 6.42 Å². The Balaban J connectivity index is 1.64. The van der Waals surface area contributed by atoms with E-state index in [1.165, 1.54) is 21.7 Å². The van der Waals surface area contributed by atoms with Crippen LogP contribution in [-0.2, 0) is 9.89 Å². The van der Waals surface area contributed by atoms with E-state index in [1.807, 2.05) is 37.8 Å². The summed E-state index contributed by atoms with van der Waals surface area (Å²) in [4.78, 5) is 15.9. The van der Waals surface area contributed by atoms with Crippen LogP contribution in [0.3, 0.4) is 0 Å². The van der Waals surface area contributed by atoms with Gasteiger partial charge in [-0.1, -0.05) is 121 Å². The number of nitrogens with zero attached hydrogens (tertiary/aromatic N) is 1. The fourth-order valence-corrected chi connectivity index (χ4v) is 9.26. The molecule has 3 unspecified atom stereocenters. The van der Waals surface area contributed by atoms with Crippen molar-refractivity contribution in [3.63, 3.8) is 0 Å². The molecule has 0 N–H and O–H groups in total. The first kappa shape index (κ1) is 27.6. The first-order chi connectivity index (χ1) is 18.8. The quantitative estimate of drug-likeness (QED) is 0.234. The van der Waals surface area contributed by atoms with Crippen LogP contribution in [0.5, 0.6) is 0 Å². The molecule has 1 heterocycles. The smallest absolute Gasteiger partial charge is 0.410 e. The minimum Gasteiger partial charge on any atom is -0.444 e. The van der Waals surface area contributed by atoms with Gasteiger partial charge in [-0.15, -0.1) is 9.24 Å². The fourth-order valence-electron chi connectivity index (χ4n) is 5.68. The molecule has 0 spiro atoms. The van der Waals surface area contributed by atoms with Gasteiger partial charge in [0.15, 0.2) is 0 Å². The molecule has 0 saturated carbocycles. The predicted molar refractivity (Wildman–Crippen MR) is 168 cm³/mol. The predicted octanol–water partition coefficient (Wildman–Crippen LogP) is 7.32. The van der Waals surface area contributed by atoms with E-state index in [2.05, 4.69) is 118 Å². The van der Waals surface area contributed by atoms with E-state index in [0.29, 0.717) is 6.54 Å². The number of benzene rings is 4. The van der Waals surface area contributed by atoms with Crippen LogP contribution in [0, 0.1) is 0 Å². The van der Waals surface area contributed by atoms with Crippen LogP contribution in [0.1, 0.15) is 38.3 Å². The van der Waals surface area contributed by atoms with Crippen molar-refractivity contribution in [1.29, 1.82) is 0 Å². The zero-order chi connectivity index (χ0) is 27.5. The van der Waals surface area contributed by atoms with Crippen LogP contribution in [0.15, 0.2) is 121 Å². The molecule has 200 valence electrons. The minimum absolute atomic E-state index is 0.107. The van der Waals surface area contributed by atoms with Gasteiger partial charge in [0.1, 0.15) is 5.60 Å². The first-order valence-corrected chi connectivity index (χ1v) is 15.5. The van der Waals surface area contributed by atoms with Crippen LogP contribution >= 0.6 is 17.2 Å². The number of carbonyl (C=O) groups excluding carboxylic acids is 1. The van der Waals surface area contributed by atoms with Crippen LogP contribution < -0.4 is 10.6 Å². The summed E-state index contributed by atoms with van der Waals surface area (Å²) >= 11 is 0. The van der Waals surface area contributed by atoms with Gasteiger partial charge in [-0.25, -0.2) is 4.79 Å². The van der Waals surface area contributed by atoms with Crippen LogP contribution in [0.4, 0.5) is 4.79 Å². The topological polar surface area (TPSA) is 29.5 Å². The van der Waals surface area contributed by atoms with E-state index >= 15 is 0 Å². The van der Waals surface area contributed by atoms with Crippen molar-refractivity contribution >= 4 is 33.9 Å². The Morgan fingerprint density at radius 1 is 0.744 bits per heavy atom. The Hall–Kier alpha value is -2.99. The summed E-state index contributed by atoms with van der Waals surface area (Å²) < 4.78 is 6.04. The average molecular weight is 554 g/mol. The highest BCUT2D eigenvalue weighted by atomic mass is 31.1. The summed E-state index contributed by atoms with van der Waals surface area (Å²) in [6.07, 6.45) is 0.618. The van der Waals surface area contributed by atoms with Crippen molar-refractivity contribution in [1.82, 2.24) is 4.90 Å². The summed E-state index contributed by atoms with van der Waals surface area (Å²) in [7, 11) is 2.47. The summed E-state index contributed by atoms with van der Waals surface area (Å²) in [6.45, 7) is 6.47. The zero-order valence-corrected chi connectivity index (χ0v) is 25.0. The normalized spacial score (nSPS) is 17.8. The molecule has 0 aliphatic carbocycles. The van der Waals surface area contributed by atoms with Gasteiger partial charge in [0.2, 0.25) is 0 Å². The number of likely N-dealkylation sites (tertiary alicyclic amines) is 1. The number of hydrogen-bond acceptors (Lipinski definition) is 2. The lowest BCUT2D eigenvalue weighted by atomic mass is 9.82. The third-order valence-corrected chi connectivity index (χ3v) is 11.2. The van der Waals surface area contributed by atoms with E-state index in [-0.39, 0.29) is 17.8 Å². The molecule has 1 fully saturated rings. The van der Waals surface area contributed by atoms with Gasteiger partial charge in [0.05, 0.1) is 11.2 Å². The summed E-state index contributed by atoms with van der Waals surface area (Å²) in [5, 5.41) is 2.17. The molecule has 3 atom stereocenters. The van der Waals surface area contributed by atoms with Gasteiger partial charge in [0, 0.05) is 12.2 Å². The lowest BCUT2D eigenvalue weighted by Crippen LogP contribution is -2.48. The lowest BCUT2D eigenvalue weighted by molar-refractivity contribution is 0.0204. The molecule has 0 aromatic heterocycles. The molecule has 1 aliphatic rings. The standard InChI is InChI=1S/C34H37NO2P2/c1-33(2,3)37-32(36)35-25-30(39(28-20-12-6-13-21-28)29-22-14-7-15-23-29)24-31(35)34(38,26-16-8-4-9-17-26)27-18-10-5-11-19-27/h4-23,30-31H,24-25,38H2,1-3H3. The van der Waals surface area contributed by atoms with Gasteiger partial charge in [-0.05, 0) is 56.8 Å². The Labute approximate surface area is 236 Å². The Morgan fingerprint density at radius 2 is 1.15 bits per heavy atom. The molecule has 5 heteroatoms. The van der Waals surface area contributed by atoms with Gasteiger partial charge in [-0.2, -0.15) is 0 Å². The fraction of sp³-hybridized carbons (Fsp3) is 0.265. The maximum atomic E-state index is 13.9. The SMILES string of the molecule is CC(C)(C)OC(=O)N1CC(P(c2ccccc2)c2ccccc2)CC1C(P)(c1ccccc1)c1ccccc1. The molecule has 4 aromatic carbocycles. The van der Waals surface area contributed by atoms with Gasteiger partial charge >= 0.3 is 6.09 Å². The van der Waals surface area contributed by atoms with E-state index < -0.39 is 18.7 Å². The molecular formula is C34H37NO2P2. The van der Waals surface area contributed by atoms with Crippen molar-refractivity contribution in [3.8, 4) is 0 Å². The summed E-state index contributed by atoms with van der Waals surface area (Å²) in [5.74, 6) is 0. The molecule has 0 radical (unpaired) electrons. The van der Waals surface area contributed by atoms with E-state index in [9.17, 15) is 4.79 Å². The number of carbonyl (C=O) groups is 1. The Kier molecular flexibility index (Phi) is 8.22. The number of ether oxygens (including phenoxy) is 1. The highest BCUT2D eigenvalue weighted by Gasteiger charge is 2.51. The highest BCUT2D eigenvalue weighted by molar-refractivity contribution is 7.73. The van der Waals surface area contributed by atoms with Gasteiger partial charge < -0.3 is 9.64 Å². The van der Waals surface area contributed by atoms with Crippen LogP contribution in [-0.4, -0.2) is 34.8 Å². The number of amides is 1. The molecule has 5 rings (SSSR count). The third kappa shape index (κ3) is 5.96. The zero-order valence-electron chi connectivity index (χ0n) is 22.9. The molecular weight excluding hydrogens is 516 g/mol. The highest BCUT2D eigenvalue weighted by Crippen LogP contribution is 2.53.